The number of halogens is 1. The Labute approximate surface area is 116 Å². The first-order chi connectivity index (χ1) is 9.88. The Morgan fingerprint density at radius 1 is 1.10 bits per heavy atom. The molecule has 0 unspecified atom stereocenters. The van der Waals surface area contributed by atoms with Crippen LogP contribution in [0.15, 0.2) is 48.5 Å². The topological polar surface area (TPSA) is 17.8 Å². The number of aryl methyl sites for hydroxylation is 1. The third kappa shape index (κ3) is 2.41. The van der Waals surface area contributed by atoms with Crippen molar-refractivity contribution in [2.75, 3.05) is 6.67 Å². The maximum absolute atomic E-state index is 12.7. The summed E-state index contributed by atoms with van der Waals surface area (Å²) in [7, 11) is 0. The van der Waals surface area contributed by atoms with Gasteiger partial charge in [-0.05, 0) is 36.3 Å². The number of hydrogen-bond donors (Lipinski definition) is 0. The monoisotopic (exact) mass is 263 g/mol. The molecule has 3 aromatic rings. The molecule has 0 aliphatic heterocycles. The van der Waals surface area contributed by atoms with Crippen LogP contribution < -0.4 is 0 Å². The van der Waals surface area contributed by atoms with Crippen LogP contribution in [0.25, 0.3) is 11.0 Å². The normalized spacial score (nSPS) is 10.2. The molecule has 3 heteroatoms. The first-order valence-corrected chi connectivity index (χ1v) is 6.38. The molecule has 0 saturated carbocycles. The highest BCUT2D eigenvalue weighted by Crippen LogP contribution is 2.15. The summed E-state index contributed by atoms with van der Waals surface area (Å²) in [5, 5.41) is 0. The lowest BCUT2D eigenvalue weighted by atomic mass is 10.2. The van der Waals surface area contributed by atoms with Gasteiger partial charge >= 0.3 is 0 Å². The molecule has 0 fully saturated rings. The summed E-state index contributed by atoms with van der Waals surface area (Å²) in [4.78, 5) is 4.46. The number of aromatic nitrogens is 2. The number of rotatable bonds is 2. The average Bonchev–Trinajstić information content (AvgIpc) is 2.85. The molecule has 0 saturated heterocycles. The zero-order chi connectivity index (χ0) is 13.8. The zero-order valence-corrected chi connectivity index (χ0v) is 10.8. The highest BCUT2D eigenvalue weighted by molar-refractivity contribution is 5.76. The van der Waals surface area contributed by atoms with E-state index in [-0.39, 0.29) is 6.54 Å². The van der Waals surface area contributed by atoms with Crippen molar-refractivity contribution in [3.05, 3.63) is 66.0 Å². The van der Waals surface area contributed by atoms with Crippen LogP contribution in [0.1, 0.15) is 11.4 Å². The van der Waals surface area contributed by atoms with Crippen LogP contribution in [0.2, 0.25) is 0 Å². The molecule has 2 aromatic carbocycles. The van der Waals surface area contributed by atoms with Gasteiger partial charge in [0.2, 0.25) is 0 Å². The Hall–Kier alpha value is -2.60. The fraction of sp³-hybridized carbons (Fsp3) is 0.118. The van der Waals surface area contributed by atoms with Crippen LogP contribution in [0.4, 0.5) is 4.39 Å². The first-order valence-electron chi connectivity index (χ1n) is 6.38. The second-order valence-electron chi connectivity index (χ2n) is 4.30. The molecule has 97 valence electrons. The van der Waals surface area contributed by atoms with Crippen molar-refractivity contribution in [3.8, 4) is 11.8 Å². The van der Waals surface area contributed by atoms with Gasteiger partial charge in [0.05, 0.1) is 17.6 Å². The van der Waals surface area contributed by atoms with Gasteiger partial charge in [0.25, 0.3) is 0 Å². The van der Waals surface area contributed by atoms with Gasteiger partial charge in [-0.25, -0.2) is 9.37 Å². The second-order valence-corrected chi connectivity index (χ2v) is 4.30. The number of nitrogens with zero attached hydrogens (tertiary/aromatic N) is 2. The number of para-hydroxylation sites is 2. The standard InChI is InChI=1S/C17H12FN2/c18-12-13-20-16-9-5-4-8-15(16)19-17(20)11-10-14-6-2-1-3-7-14/h2-9H,12-13H2. The fourth-order valence-electron chi connectivity index (χ4n) is 2.08. The molecule has 2 nitrogen and oxygen atoms in total. The van der Waals surface area contributed by atoms with Gasteiger partial charge < -0.3 is 4.57 Å². The molecular formula is C17H12FN2. The van der Waals surface area contributed by atoms with Gasteiger partial charge in [0.1, 0.15) is 6.67 Å². The van der Waals surface area contributed by atoms with E-state index in [0.29, 0.717) is 5.82 Å². The Morgan fingerprint density at radius 3 is 2.70 bits per heavy atom. The van der Waals surface area contributed by atoms with Crippen molar-refractivity contribution in [2.45, 2.75) is 6.54 Å². The van der Waals surface area contributed by atoms with Crippen LogP contribution in [0, 0.1) is 17.9 Å². The number of imidazole rings is 1. The number of alkyl halides is 1. The van der Waals surface area contributed by atoms with E-state index in [0.717, 1.165) is 16.6 Å². The molecule has 1 heterocycles. The van der Waals surface area contributed by atoms with Crippen LogP contribution in [0.5, 0.6) is 0 Å². The van der Waals surface area contributed by atoms with E-state index in [1.807, 2.05) is 53.1 Å². The minimum Gasteiger partial charge on any atom is -0.315 e. The lowest BCUT2D eigenvalue weighted by Crippen LogP contribution is -2.02. The number of benzene rings is 2. The predicted molar refractivity (Wildman–Crippen MR) is 77.0 cm³/mol. The largest absolute Gasteiger partial charge is 0.315 e. The van der Waals surface area contributed by atoms with Gasteiger partial charge in [-0.2, -0.15) is 0 Å². The van der Waals surface area contributed by atoms with Crippen molar-refractivity contribution in [1.29, 1.82) is 0 Å². The van der Waals surface area contributed by atoms with Gasteiger partial charge in [-0.15, -0.1) is 0 Å². The molecular weight excluding hydrogens is 251 g/mol. The Balaban J connectivity index is 2.07. The van der Waals surface area contributed by atoms with E-state index >= 15 is 0 Å². The summed E-state index contributed by atoms with van der Waals surface area (Å²) in [6.45, 7) is -0.164. The first kappa shape index (κ1) is 12.4. The maximum Gasteiger partial charge on any atom is 0.186 e. The lowest BCUT2D eigenvalue weighted by molar-refractivity contribution is 0.448. The Bertz CT molecular complexity index is 779. The van der Waals surface area contributed by atoms with E-state index in [9.17, 15) is 4.39 Å². The average molecular weight is 263 g/mol. The van der Waals surface area contributed by atoms with Crippen LogP contribution in [-0.2, 0) is 6.54 Å². The van der Waals surface area contributed by atoms with Gasteiger partial charge in [0, 0.05) is 5.56 Å². The SMILES string of the molecule is FCCn1c(C#Cc2cc[c]cc2)nc2ccccc21. The highest BCUT2D eigenvalue weighted by atomic mass is 19.1. The summed E-state index contributed by atoms with van der Waals surface area (Å²) >= 11 is 0. The van der Waals surface area contributed by atoms with Gasteiger partial charge in [0.15, 0.2) is 5.82 Å². The van der Waals surface area contributed by atoms with Gasteiger partial charge in [-0.3, -0.25) is 0 Å². The molecule has 1 radical (unpaired) electrons. The second kappa shape index (κ2) is 5.58. The summed E-state index contributed by atoms with van der Waals surface area (Å²) in [6.07, 6.45) is 0. The van der Waals surface area contributed by atoms with Gasteiger partial charge in [-0.1, -0.05) is 30.2 Å². The van der Waals surface area contributed by atoms with Crippen molar-refractivity contribution in [2.24, 2.45) is 0 Å². The molecule has 1 aromatic heterocycles. The molecule has 20 heavy (non-hydrogen) atoms. The van der Waals surface area contributed by atoms with E-state index < -0.39 is 6.67 Å². The molecule has 0 aliphatic rings. The van der Waals surface area contributed by atoms with Crippen molar-refractivity contribution in [3.63, 3.8) is 0 Å². The quantitative estimate of drug-likeness (QED) is 0.649. The Kier molecular flexibility index (Phi) is 3.47. The maximum atomic E-state index is 12.7. The fourth-order valence-corrected chi connectivity index (χ4v) is 2.08. The molecule has 3 rings (SSSR count). The summed E-state index contributed by atoms with van der Waals surface area (Å²) in [5.74, 6) is 6.66. The van der Waals surface area contributed by atoms with E-state index in [2.05, 4.69) is 22.9 Å². The summed E-state index contributed by atoms with van der Waals surface area (Å²) in [5.41, 5.74) is 2.64. The number of hydrogen-bond acceptors (Lipinski definition) is 1. The molecule has 0 atom stereocenters. The van der Waals surface area contributed by atoms with E-state index in [1.165, 1.54) is 0 Å². The smallest absolute Gasteiger partial charge is 0.186 e. The van der Waals surface area contributed by atoms with E-state index in [1.54, 1.807) is 0 Å². The van der Waals surface area contributed by atoms with E-state index in [4.69, 9.17) is 0 Å². The zero-order valence-electron chi connectivity index (χ0n) is 10.8. The third-order valence-electron chi connectivity index (χ3n) is 3.00. The minimum absolute atomic E-state index is 0.271. The predicted octanol–water partition coefficient (Wildman–Crippen LogP) is 3.21. The van der Waals surface area contributed by atoms with Crippen molar-refractivity contribution < 1.29 is 4.39 Å². The van der Waals surface area contributed by atoms with Crippen LogP contribution >= 0.6 is 0 Å². The molecule has 0 amide bonds. The van der Waals surface area contributed by atoms with Crippen molar-refractivity contribution >= 4 is 11.0 Å². The number of fused-ring (bicyclic) bond motifs is 1. The highest BCUT2D eigenvalue weighted by Gasteiger charge is 2.07. The van der Waals surface area contributed by atoms with Crippen LogP contribution in [-0.4, -0.2) is 16.2 Å². The third-order valence-corrected chi connectivity index (χ3v) is 3.00. The molecule has 0 aliphatic carbocycles. The summed E-state index contributed by atoms with van der Waals surface area (Å²) < 4.78 is 14.5. The Morgan fingerprint density at radius 2 is 1.90 bits per heavy atom. The molecule has 0 bridgehead atoms. The minimum atomic E-state index is -0.435. The molecule has 0 N–H and O–H groups in total. The lowest BCUT2D eigenvalue weighted by Gasteiger charge is -2.01. The summed E-state index contributed by atoms with van der Waals surface area (Å²) in [6, 6.07) is 18.0. The van der Waals surface area contributed by atoms with Crippen LogP contribution in [0.3, 0.4) is 0 Å². The van der Waals surface area contributed by atoms with Crippen molar-refractivity contribution in [1.82, 2.24) is 9.55 Å². The molecule has 0 spiro atoms.